The van der Waals surface area contributed by atoms with Crippen molar-refractivity contribution in [3.8, 4) is 39.8 Å². The summed E-state index contributed by atoms with van der Waals surface area (Å²) in [6.07, 6.45) is 0. The van der Waals surface area contributed by atoms with E-state index in [4.69, 9.17) is 23.5 Å². The summed E-state index contributed by atoms with van der Waals surface area (Å²) in [4.78, 5) is 12.7. The summed E-state index contributed by atoms with van der Waals surface area (Å²) in [5, 5.41) is 4.14. The van der Waals surface area contributed by atoms with Gasteiger partial charge in [-0.1, -0.05) is 35.5 Å². The number of benzene rings is 2. The first-order valence-corrected chi connectivity index (χ1v) is 8.67. The number of nitrogens with zero attached hydrogens (tertiary/aromatic N) is 1. The Bertz CT molecular complexity index is 939. The number of carbonyl (C=O) groups excluding carboxylic acids is 1. The first kappa shape index (κ1) is 19.3. The molecule has 146 valence electrons. The third-order valence-corrected chi connectivity index (χ3v) is 4.15. The van der Waals surface area contributed by atoms with Crippen LogP contribution in [0.5, 0.6) is 17.2 Å². The summed E-state index contributed by atoms with van der Waals surface area (Å²) in [5.74, 6) is 1.14. The van der Waals surface area contributed by atoms with Gasteiger partial charge in [-0.05, 0) is 19.1 Å². The van der Waals surface area contributed by atoms with Gasteiger partial charge in [0.2, 0.25) is 5.75 Å². The third kappa shape index (κ3) is 3.51. The quantitative estimate of drug-likeness (QED) is 0.565. The molecular weight excluding hydrogens is 362 g/mol. The molecule has 0 aliphatic rings. The zero-order valence-corrected chi connectivity index (χ0v) is 16.1. The molecule has 0 aliphatic carbocycles. The van der Waals surface area contributed by atoms with Crippen LogP contribution in [0.3, 0.4) is 0 Å². The highest BCUT2D eigenvalue weighted by molar-refractivity contribution is 6.02. The van der Waals surface area contributed by atoms with Crippen LogP contribution in [0.25, 0.3) is 22.6 Å². The minimum absolute atomic E-state index is 0.229. The number of hydrogen-bond donors (Lipinski definition) is 0. The number of hydrogen-bond acceptors (Lipinski definition) is 7. The van der Waals surface area contributed by atoms with Crippen LogP contribution in [0.2, 0.25) is 0 Å². The van der Waals surface area contributed by atoms with E-state index in [0.717, 1.165) is 5.56 Å². The van der Waals surface area contributed by atoms with Gasteiger partial charge >= 0.3 is 5.97 Å². The zero-order chi connectivity index (χ0) is 20.1. The molecular formula is C21H21NO6. The molecule has 0 radical (unpaired) electrons. The molecule has 0 fully saturated rings. The standard InChI is InChI=1S/C21H21NO6/c1-5-27-21(23)17-18(22-28-19(17)13-9-7-6-8-10-13)14-11-15(24-2)20(26-4)16(12-14)25-3/h6-12H,5H2,1-4H3. The molecule has 1 heterocycles. The molecule has 0 unspecified atom stereocenters. The lowest BCUT2D eigenvalue weighted by Crippen LogP contribution is -2.07. The fourth-order valence-electron chi connectivity index (χ4n) is 2.88. The fourth-order valence-corrected chi connectivity index (χ4v) is 2.88. The lowest BCUT2D eigenvalue weighted by Gasteiger charge is -2.13. The van der Waals surface area contributed by atoms with Crippen molar-refractivity contribution in [3.63, 3.8) is 0 Å². The van der Waals surface area contributed by atoms with Crippen LogP contribution in [0.15, 0.2) is 47.0 Å². The van der Waals surface area contributed by atoms with Crippen molar-refractivity contribution >= 4 is 5.97 Å². The molecule has 0 N–H and O–H groups in total. The van der Waals surface area contributed by atoms with Crippen LogP contribution in [0.1, 0.15) is 17.3 Å². The van der Waals surface area contributed by atoms with E-state index in [-0.39, 0.29) is 12.2 Å². The molecule has 0 saturated heterocycles. The number of rotatable bonds is 7. The van der Waals surface area contributed by atoms with Gasteiger partial charge in [0.1, 0.15) is 11.3 Å². The maximum atomic E-state index is 12.7. The summed E-state index contributed by atoms with van der Waals surface area (Å²) in [5.41, 5.74) is 1.86. The predicted molar refractivity (Wildman–Crippen MR) is 103 cm³/mol. The van der Waals surface area contributed by atoms with E-state index in [1.54, 1.807) is 19.1 Å². The van der Waals surface area contributed by atoms with Gasteiger partial charge in [0.25, 0.3) is 0 Å². The summed E-state index contributed by atoms with van der Waals surface area (Å²) >= 11 is 0. The molecule has 0 spiro atoms. The van der Waals surface area contributed by atoms with Gasteiger partial charge in [-0.2, -0.15) is 0 Å². The topological polar surface area (TPSA) is 80.0 Å². The van der Waals surface area contributed by atoms with Gasteiger partial charge in [0.15, 0.2) is 17.3 Å². The van der Waals surface area contributed by atoms with Gasteiger partial charge < -0.3 is 23.5 Å². The molecule has 0 bridgehead atoms. The molecule has 7 heteroatoms. The van der Waals surface area contributed by atoms with E-state index >= 15 is 0 Å². The van der Waals surface area contributed by atoms with Gasteiger partial charge in [0.05, 0.1) is 27.9 Å². The maximum Gasteiger partial charge on any atom is 0.344 e. The second kappa shape index (κ2) is 8.47. The number of ether oxygens (including phenoxy) is 4. The molecule has 0 aliphatic heterocycles. The van der Waals surface area contributed by atoms with Gasteiger partial charge in [-0.3, -0.25) is 0 Å². The number of carbonyl (C=O) groups is 1. The molecule has 1 aromatic heterocycles. The highest BCUT2D eigenvalue weighted by Gasteiger charge is 2.27. The van der Waals surface area contributed by atoms with E-state index in [1.807, 2.05) is 30.3 Å². The monoisotopic (exact) mass is 383 g/mol. The Kier molecular flexibility index (Phi) is 5.84. The van der Waals surface area contributed by atoms with Crippen LogP contribution in [-0.2, 0) is 4.74 Å². The summed E-state index contributed by atoms with van der Waals surface area (Å²) in [7, 11) is 4.56. The lowest BCUT2D eigenvalue weighted by atomic mass is 10.0. The molecule has 0 saturated carbocycles. The van der Waals surface area contributed by atoms with Gasteiger partial charge in [0, 0.05) is 11.1 Å². The van der Waals surface area contributed by atoms with E-state index in [9.17, 15) is 4.79 Å². The summed E-state index contributed by atoms with van der Waals surface area (Å²) < 4.78 is 26.9. The third-order valence-electron chi connectivity index (χ3n) is 4.15. The van der Waals surface area contributed by atoms with Crippen LogP contribution in [0.4, 0.5) is 0 Å². The van der Waals surface area contributed by atoms with Gasteiger partial charge in [-0.15, -0.1) is 0 Å². The van der Waals surface area contributed by atoms with Crippen molar-refractivity contribution in [1.29, 1.82) is 0 Å². The van der Waals surface area contributed by atoms with Gasteiger partial charge in [-0.25, -0.2) is 4.79 Å². The molecule has 28 heavy (non-hydrogen) atoms. The smallest absolute Gasteiger partial charge is 0.344 e. The molecule has 2 aromatic carbocycles. The number of aromatic nitrogens is 1. The normalized spacial score (nSPS) is 10.4. The molecule has 3 aromatic rings. The highest BCUT2D eigenvalue weighted by Crippen LogP contribution is 2.43. The minimum Gasteiger partial charge on any atom is -0.493 e. The Balaban J connectivity index is 2.22. The Labute approximate surface area is 162 Å². The second-order valence-corrected chi connectivity index (χ2v) is 5.74. The lowest BCUT2D eigenvalue weighted by molar-refractivity contribution is 0.0527. The second-order valence-electron chi connectivity index (χ2n) is 5.74. The Morgan fingerprint density at radius 2 is 1.61 bits per heavy atom. The van der Waals surface area contributed by atoms with Crippen molar-refractivity contribution in [1.82, 2.24) is 5.16 Å². The van der Waals surface area contributed by atoms with Crippen LogP contribution in [-0.4, -0.2) is 39.1 Å². The predicted octanol–water partition coefficient (Wildman–Crippen LogP) is 4.21. The molecule has 7 nitrogen and oxygen atoms in total. The number of esters is 1. The summed E-state index contributed by atoms with van der Waals surface area (Å²) in [6, 6.07) is 12.7. The van der Waals surface area contributed by atoms with E-state index < -0.39 is 5.97 Å². The largest absolute Gasteiger partial charge is 0.493 e. The average molecular weight is 383 g/mol. The molecule has 0 atom stereocenters. The van der Waals surface area contributed by atoms with Crippen LogP contribution < -0.4 is 14.2 Å². The van der Waals surface area contributed by atoms with E-state index in [2.05, 4.69) is 5.16 Å². The first-order valence-electron chi connectivity index (χ1n) is 8.67. The SMILES string of the molecule is CCOC(=O)c1c(-c2cc(OC)c(OC)c(OC)c2)noc1-c1ccccc1. The number of methoxy groups -OCH3 is 3. The highest BCUT2D eigenvalue weighted by atomic mass is 16.5. The summed E-state index contributed by atoms with van der Waals surface area (Å²) in [6.45, 7) is 1.97. The van der Waals surface area contributed by atoms with Crippen molar-refractivity contribution in [2.24, 2.45) is 0 Å². The van der Waals surface area contributed by atoms with Crippen LogP contribution in [0, 0.1) is 0 Å². The Morgan fingerprint density at radius 3 is 2.14 bits per heavy atom. The zero-order valence-electron chi connectivity index (χ0n) is 16.1. The van der Waals surface area contributed by atoms with Crippen molar-refractivity contribution in [3.05, 3.63) is 48.0 Å². The molecule has 3 rings (SSSR count). The fraction of sp³-hybridized carbons (Fsp3) is 0.238. The maximum absolute atomic E-state index is 12.7. The minimum atomic E-state index is -0.522. The van der Waals surface area contributed by atoms with Crippen molar-refractivity contribution < 1.29 is 28.3 Å². The Hall–Kier alpha value is -3.48. The van der Waals surface area contributed by atoms with E-state index in [0.29, 0.717) is 34.3 Å². The van der Waals surface area contributed by atoms with E-state index in [1.165, 1.54) is 21.3 Å². The Morgan fingerprint density at radius 1 is 0.964 bits per heavy atom. The van der Waals surface area contributed by atoms with Crippen molar-refractivity contribution in [2.75, 3.05) is 27.9 Å². The van der Waals surface area contributed by atoms with Crippen LogP contribution >= 0.6 is 0 Å². The first-order chi connectivity index (χ1) is 13.6. The average Bonchev–Trinajstić information content (AvgIpc) is 3.18. The van der Waals surface area contributed by atoms with Crippen molar-refractivity contribution in [2.45, 2.75) is 6.92 Å². The molecule has 0 amide bonds.